The molecule has 0 bridgehead atoms. The average Bonchev–Trinajstić information content (AvgIpc) is 2.28. The van der Waals surface area contributed by atoms with E-state index in [0.29, 0.717) is 24.3 Å². The van der Waals surface area contributed by atoms with Crippen LogP contribution < -0.4 is 4.74 Å². The number of benzene rings is 1. The Morgan fingerprint density at radius 3 is 2.88 bits per heavy atom. The highest BCUT2D eigenvalue weighted by Gasteiger charge is 2.10. The third kappa shape index (κ3) is 4.41. The molecule has 92 valence electrons. The largest absolute Gasteiger partial charge is 0.493 e. The van der Waals surface area contributed by atoms with Gasteiger partial charge in [0.15, 0.2) is 0 Å². The second-order valence-corrected chi connectivity index (χ2v) is 3.82. The SMILES string of the molecule is CC(O)c1ccc(F)cc1OCCCCC#N. The minimum atomic E-state index is -0.690. The molecule has 1 N–H and O–H groups in total. The minimum absolute atomic E-state index is 0.372. The summed E-state index contributed by atoms with van der Waals surface area (Å²) in [4.78, 5) is 0. The molecule has 1 unspecified atom stereocenters. The van der Waals surface area contributed by atoms with E-state index in [-0.39, 0.29) is 5.82 Å². The molecule has 0 heterocycles. The number of halogens is 1. The fourth-order valence-corrected chi connectivity index (χ4v) is 1.47. The molecule has 0 fully saturated rings. The van der Waals surface area contributed by atoms with E-state index in [9.17, 15) is 9.50 Å². The zero-order valence-electron chi connectivity index (χ0n) is 9.82. The summed E-state index contributed by atoms with van der Waals surface area (Å²) in [6, 6.07) is 6.13. The molecule has 17 heavy (non-hydrogen) atoms. The molecule has 0 aliphatic rings. The lowest BCUT2D eigenvalue weighted by Crippen LogP contribution is -2.02. The lowest BCUT2D eigenvalue weighted by atomic mass is 10.1. The third-order valence-electron chi connectivity index (χ3n) is 2.37. The summed E-state index contributed by atoms with van der Waals surface area (Å²) in [6.45, 7) is 2.03. The van der Waals surface area contributed by atoms with Crippen molar-refractivity contribution in [2.45, 2.75) is 32.3 Å². The number of hydrogen-bond acceptors (Lipinski definition) is 3. The second kappa shape index (κ2) is 6.87. The van der Waals surface area contributed by atoms with Crippen molar-refractivity contribution in [1.82, 2.24) is 0 Å². The summed E-state index contributed by atoms with van der Waals surface area (Å²) in [5.74, 6) is -0.0154. The zero-order valence-corrected chi connectivity index (χ0v) is 9.82. The average molecular weight is 237 g/mol. The van der Waals surface area contributed by atoms with E-state index in [1.807, 2.05) is 6.07 Å². The molecule has 0 saturated heterocycles. The van der Waals surface area contributed by atoms with Gasteiger partial charge in [0, 0.05) is 18.1 Å². The smallest absolute Gasteiger partial charge is 0.127 e. The molecule has 1 rings (SSSR count). The van der Waals surface area contributed by atoms with Gasteiger partial charge < -0.3 is 9.84 Å². The Bertz CT molecular complexity index is 399. The van der Waals surface area contributed by atoms with E-state index in [4.69, 9.17) is 10.00 Å². The maximum atomic E-state index is 13.0. The predicted octanol–water partition coefficient (Wildman–Crippen LogP) is 2.95. The Kier molecular flexibility index (Phi) is 5.44. The van der Waals surface area contributed by atoms with Gasteiger partial charge in [0.05, 0.1) is 18.8 Å². The minimum Gasteiger partial charge on any atom is -0.493 e. The molecule has 0 spiro atoms. The highest BCUT2D eigenvalue weighted by Crippen LogP contribution is 2.26. The van der Waals surface area contributed by atoms with Crippen LogP contribution in [0.25, 0.3) is 0 Å². The molecule has 0 saturated carbocycles. The van der Waals surface area contributed by atoms with Gasteiger partial charge in [-0.3, -0.25) is 0 Å². The van der Waals surface area contributed by atoms with Crippen LogP contribution in [0.4, 0.5) is 4.39 Å². The third-order valence-corrected chi connectivity index (χ3v) is 2.37. The van der Waals surface area contributed by atoms with Crippen LogP contribution in [-0.2, 0) is 0 Å². The van der Waals surface area contributed by atoms with Crippen molar-refractivity contribution < 1.29 is 14.2 Å². The van der Waals surface area contributed by atoms with Gasteiger partial charge in [-0.05, 0) is 31.9 Å². The van der Waals surface area contributed by atoms with Crippen molar-refractivity contribution in [2.24, 2.45) is 0 Å². The van der Waals surface area contributed by atoms with E-state index in [1.54, 1.807) is 6.92 Å². The molecule has 0 aromatic heterocycles. The van der Waals surface area contributed by atoms with Gasteiger partial charge in [-0.15, -0.1) is 0 Å². The number of aliphatic hydroxyl groups is 1. The van der Waals surface area contributed by atoms with Crippen LogP contribution >= 0.6 is 0 Å². The maximum absolute atomic E-state index is 13.0. The van der Waals surface area contributed by atoms with Crippen molar-refractivity contribution in [2.75, 3.05) is 6.61 Å². The lowest BCUT2D eigenvalue weighted by molar-refractivity contribution is 0.190. The molecule has 1 aromatic carbocycles. The molecular formula is C13H16FNO2. The van der Waals surface area contributed by atoms with Gasteiger partial charge >= 0.3 is 0 Å². The van der Waals surface area contributed by atoms with Gasteiger partial charge in [0.1, 0.15) is 11.6 Å². The first-order valence-electron chi connectivity index (χ1n) is 5.62. The van der Waals surface area contributed by atoms with Gasteiger partial charge in [-0.25, -0.2) is 4.39 Å². The zero-order chi connectivity index (χ0) is 12.7. The number of aliphatic hydroxyl groups excluding tert-OH is 1. The maximum Gasteiger partial charge on any atom is 0.127 e. The normalized spacial score (nSPS) is 11.9. The molecular weight excluding hydrogens is 221 g/mol. The van der Waals surface area contributed by atoms with Crippen molar-refractivity contribution in [1.29, 1.82) is 5.26 Å². The Hall–Kier alpha value is -1.60. The van der Waals surface area contributed by atoms with Crippen LogP contribution in [0.15, 0.2) is 18.2 Å². The second-order valence-electron chi connectivity index (χ2n) is 3.82. The Morgan fingerprint density at radius 2 is 2.24 bits per heavy atom. The topological polar surface area (TPSA) is 53.2 Å². The van der Waals surface area contributed by atoms with E-state index < -0.39 is 6.10 Å². The molecule has 3 nitrogen and oxygen atoms in total. The summed E-state index contributed by atoms with van der Waals surface area (Å²) in [7, 11) is 0. The Morgan fingerprint density at radius 1 is 1.47 bits per heavy atom. The van der Waals surface area contributed by atoms with Crippen LogP contribution in [0.1, 0.15) is 37.9 Å². The first kappa shape index (κ1) is 13.5. The molecule has 1 atom stereocenters. The van der Waals surface area contributed by atoms with Crippen molar-refractivity contribution in [3.8, 4) is 11.8 Å². The summed E-state index contributed by atoms with van der Waals surface area (Å²) >= 11 is 0. The standard InChI is InChI=1S/C13H16FNO2/c1-10(16)12-6-5-11(14)9-13(12)17-8-4-2-3-7-15/h5-6,9-10,16H,2-4,8H2,1H3. The van der Waals surface area contributed by atoms with Gasteiger partial charge in [0.25, 0.3) is 0 Å². The van der Waals surface area contributed by atoms with Gasteiger partial charge in [-0.2, -0.15) is 5.26 Å². The summed E-state index contributed by atoms with van der Waals surface area (Å²) in [5, 5.41) is 17.9. The monoisotopic (exact) mass is 237 g/mol. The summed E-state index contributed by atoms with van der Waals surface area (Å²) < 4.78 is 18.5. The quantitative estimate of drug-likeness (QED) is 0.774. The lowest BCUT2D eigenvalue weighted by Gasteiger charge is -2.13. The molecule has 0 aliphatic heterocycles. The van der Waals surface area contributed by atoms with Gasteiger partial charge in [0.2, 0.25) is 0 Å². The number of nitriles is 1. The van der Waals surface area contributed by atoms with Crippen LogP contribution in [0.2, 0.25) is 0 Å². The Balaban J connectivity index is 2.57. The molecule has 0 aliphatic carbocycles. The number of unbranched alkanes of at least 4 members (excludes halogenated alkanes) is 2. The summed E-state index contributed by atoms with van der Waals surface area (Å²) in [5.41, 5.74) is 0.576. The molecule has 4 heteroatoms. The van der Waals surface area contributed by atoms with E-state index >= 15 is 0 Å². The first-order chi connectivity index (χ1) is 8.15. The highest BCUT2D eigenvalue weighted by molar-refractivity contribution is 5.35. The fourth-order valence-electron chi connectivity index (χ4n) is 1.47. The van der Waals surface area contributed by atoms with Crippen molar-refractivity contribution >= 4 is 0 Å². The number of hydrogen-bond donors (Lipinski definition) is 1. The molecule has 0 amide bonds. The van der Waals surface area contributed by atoms with Crippen LogP contribution in [0, 0.1) is 17.1 Å². The Labute approximate surface area is 100 Å². The first-order valence-corrected chi connectivity index (χ1v) is 5.62. The van der Waals surface area contributed by atoms with E-state index in [1.165, 1.54) is 18.2 Å². The predicted molar refractivity (Wildman–Crippen MR) is 62.0 cm³/mol. The number of rotatable bonds is 6. The molecule has 1 aromatic rings. The van der Waals surface area contributed by atoms with Crippen LogP contribution in [-0.4, -0.2) is 11.7 Å². The van der Waals surface area contributed by atoms with E-state index in [0.717, 1.165) is 12.8 Å². The number of nitrogens with zero attached hydrogens (tertiary/aromatic N) is 1. The van der Waals surface area contributed by atoms with Crippen LogP contribution in [0.5, 0.6) is 5.75 Å². The number of ether oxygens (including phenoxy) is 1. The van der Waals surface area contributed by atoms with Crippen molar-refractivity contribution in [3.63, 3.8) is 0 Å². The van der Waals surface area contributed by atoms with Crippen LogP contribution in [0.3, 0.4) is 0 Å². The van der Waals surface area contributed by atoms with E-state index in [2.05, 4.69) is 0 Å². The highest BCUT2D eigenvalue weighted by atomic mass is 19.1. The fraction of sp³-hybridized carbons (Fsp3) is 0.462. The summed E-state index contributed by atoms with van der Waals surface area (Å²) in [6.07, 6.45) is 1.30. The van der Waals surface area contributed by atoms with Gasteiger partial charge in [-0.1, -0.05) is 0 Å². The van der Waals surface area contributed by atoms with Crippen molar-refractivity contribution in [3.05, 3.63) is 29.6 Å². The molecule has 0 radical (unpaired) electrons.